The molecule has 29 heavy (non-hydrogen) atoms. The summed E-state index contributed by atoms with van der Waals surface area (Å²) in [6, 6.07) is 6.48. The molecule has 6 heteroatoms. The number of rotatable bonds is 5. The molecule has 5 nitrogen and oxygen atoms in total. The quantitative estimate of drug-likeness (QED) is 0.690. The van der Waals surface area contributed by atoms with E-state index in [2.05, 4.69) is 67.4 Å². The van der Waals surface area contributed by atoms with Crippen LogP contribution in [0.25, 0.3) is 0 Å². The zero-order chi connectivity index (χ0) is 20.4. The summed E-state index contributed by atoms with van der Waals surface area (Å²) >= 11 is 1.77. The summed E-state index contributed by atoms with van der Waals surface area (Å²) in [4.78, 5) is 0. The molecule has 2 aromatic rings. The lowest BCUT2D eigenvalue weighted by Gasteiger charge is -2.34. The molecule has 1 atom stereocenters. The van der Waals surface area contributed by atoms with Crippen LogP contribution in [0.4, 0.5) is 0 Å². The van der Waals surface area contributed by atoms with Crippen LogP contribution >= 0.6 is 11.8 Å². The molecule has 1 aliphatic heterocycles. The molecule has 2 aliphatic rings. The molecule has 0 amide bonds. The van der Waals surface area contributed by atoms with Crippen molar-refractivity contribution in [1.29, 1.82) is 0 Å². The molecular weight excluding hydrogens is 382 g/mol. The predicted octanol–water partition coefficient (Wildman–Crippen LogP) is 4.20. The Kier molecular flexibility index (Phi) is 6.00. The van der Waals surface area contributed by atoms with Crippen molar-refractivity contribution in [3.63, 3.8) is 0 Å². The van der Waals surface area contributed by atoms with Crippen LogP contribution in [-0.4, -0.2) is 40.8 Å². The van der Waals surface area contributed by atoms with Crippen molar-refractivity contribution in [3.05, 3.63) is 46.8 Å². The lowest BCUT2D eigenvalue weighted by atomic mass is 9.96. The van der Waals surface area contributed by atoms with Crippen LogP contribution in [-0.2, 0) is 16.0 Å². The van der Waals surface area contributed by atoms with Crippen LogP contribution in [0.5, 0.6) is 0 Å². The van der Waals surface area contributed by atoms with E-state index in [4.69, 9.17) is 9.47 Å². The molecule has 0 spiro atoms. The maximum atomic E-state index is 5.83. The van der Waals surface area contributed by atoms with E-state index in [1.165, 1.54) is 24.0 Å². The van der Waals surface area contributed by atoms with Crippen molar-refractivity contribution < 1.29 is 9.47 Å². The topological polar surface area (TPSA) is 49.2 Å². The third-order valence-corrected chi connectivity index (χ3v) is 6.24. The summed E-state index contributed by atoms with van der Waals surface area (Å²) in [5, 5.41) is 8.91. The van der Waals surface area contributed by atoms with Gasteiger partial charge in [-0.15, -0.1) is 5.10 Å². The first-order valence-corrected chi connectivity index (χ1v) is 11.5. The smallest absolute Gasteiger partial charge is 0.177 e. The minimum atomic E-state index is -0.270. The summed E-state index contributed by atoms with van der Waals surface area (Å²) in [6.07, 6.45) is 6.34. The van der Waals surface area contributed by atoms with Crippen LogP contribution in [0.1, 0.15) is 54.3 Å². The Morgan fingerprint density at radius 1 is 1.28 bits per heavy atom. The van der Waals surface area contributed by atoms with Crippen molar-refractivity contribution in [2.45, 2.75) is 51.7 Å². The molecular formula is C23H29N3O2S. The van der Waals surface area contributed by atoms with E-state index < -0.39 is 0 Å². The maximum absolute atomic E-state index is 5.83. The van der Waals surface area contributed by atoms with Crippen molar-refractivity contribution >= 4 is 11.8 Å². The molecule has 2 heterocycles. The van der Waals surface area contributed by atoms with Gasteiger partial charge < -0.3 is 9.47 Å². The van der Waals surface area contributed by atoms with Gasteiger partial charge in [-0.2, -0.15) is 11.8 Å². The highest BCUT2D eigenvalue weighted by Crippen LogP contribution is 2.35. The SMILES string of the molecule is CSC(c1cn(CC2OCC(C)(C)CO2)nn1)c1cc(C#CC2CC2)ccc1C. The standard InChI is InChI=1S/C23H29N3O2S/c1-16-5-6-18(10-9-17-7-8-17)11-19(16)22(29-4)20-12-26(25-24-20)13-21-27-14-23(2,3)15-28-21/h5-6,11-12,17,21-22H,7-8,13-15H2,1-4H3. The number of ether oxygens (including phenoxy) is 2. The molecule has 1 aromatic heterocycles. The number of nitrogens with zero attached hydrogens (tertiary/aromatic N) is 3. The minimum Gasteiger partial charge on any atom is -0.350 e. The average Bonchev–Trinajstić information content (AvgIpc) is 3.42. The van der Waals surface area contributed by atoms with Crippen molar-refractivity contribution in [3.8, 4) is 11.8 Å². The maximum Gasteiger partial charge on any atom is 0.177 e. The van der Waals surface area contributed by atoms with Crippen LogP contribution in [0.2, 0.25) is 0 Å². The number of aromatic nitrogens is 3. The average molecular weight is 412 g/mol. The normalized spacial score (nSPS) is 20.1. The Hall–Kier alpha value is -1.81. The van der Waals surface area contributed by atoms with Gasteiger partial charge >= 0.3 is 0 Å². The fraction of sp³-hybridized carbons (Fsp3) is 0.565. The van der Waals surface area contributed by atoms with Crippen molar-refractivity contribution in [2.24, 2.45) is 11.3 Å². The van der Waals surface area contributed by atoms with Gasteiger partial charge in [-0.25, -0.2) is 4.68 Å². The van der Waals surface area contributed by atoms with Gasteiger partial charge in [0.1, 0.15) is 5.69 Å². The molecule has 1 saturated carbocycles. The third-order valence-electron chi connectivity index (χ3n) is 5.28. The highest BCUT2D eigenvalue weighted by Gasteiger charge is 2.29. The molecule has 0 bridgehead atoms. The van der Waals surface area contributed by atoms with E-state index >= 15 is 0 Å². The number of thioether (sulfide) groups is 1. The summed E-state index contributed by atoms with van der Waals surface area (Å²) in [5.41, 5.74) is 4.59. The van der Waals surface area contributed by atoms with Gasteiger partial charge in [0.05, 0.1) is 31.2 Å². The van der Waals surface area contributed by atoms with Gasteiger partial charge in [0.15, 0.2) is 6.29 Å². The van der Waals surface area contributed by atoms with Crippen LogP contribution < -0.4 is 0 Å². The Balaban J connectivity index is 1.49. The van der Waals surface area contributed by atoms with Gasteiger partial charge in [-0.3, -0.25) is 0 Å². The van der Waals surface area contributed by atoms with E-state index in [0.29, 0.717) is 25.7 Å². The second-order valence-corrected chi connectivity index (χ2v) is 9.75. The molecule has 1 saturated heterocycles. The Labute approximate surface area is 177 Å². The summed E-state index contributed by atoms with van der Waals surface area (Å²) in [6.45, 7) is 8.38. The zero-order valence-corrected chi connectivity index (χ0v) is 18.5. The second kappa shape index (κ2) is 8.51. The fourth-order valence-electron chi connectivity index (χ4n) is 3.33. The van der Waals surface area contributed by atoms with E-state index in [0.717, 1.165) is 11.3 Å². The molecule has 1 aliphatic carbocycles. The first kappa shape index (κ1) is 20.5. The van der Waals surface area contributed by atoms with E-state index in [1.807, 2.05) is 10.9 Å². The van der Waals surface area contributed by atoms with E-state index in [1.54, 1.807) is 11.8 Å². The van der Waals surface area contributed by atoms with Gasteiger partial charge in [0.2, 0.25) is 0 Å². The molecule has 154 valence electrons. The van der Waals surface area contributed by atoms with Crippen LogP contribution in [0.15, 0.2) is 24.4 Å². The van der Waals surface area contributed by atoms with Crippen molar-refractivity contribution in [1.82, 2.24) is 15.0 Å². The lowest BCUT2D eigenvalue weighted by molar-refractivity contribution is -0.227. The molecule has 0 radical (unpaired) electrons. The molecule has 1 unspecified atom stereocenters. The Morgan fingerprint density at radius 2 is 2.03 bits per heavy atom. The van der Waals surface area contributed by atoms with Gasteiger partial charge in [0.25, 0.3) is 0 Å². The highest BCUT2D eigenvalue weighted by molar-refractivity contribution is 7.99. The monoisotopic (exact) mass is 411 g/mol. The summed E-state index contributed by atoms with van der Waals surface area (Å²) in [5.74, 6) is 7.29. The first-order chi connectivity index (χ1) is 13.9. The minimum absolute atomic E-state index is 0.0684. The Morgan fingerprint density at radius 3 is 2.72 bits per heavy atom. The number of hydrogen-bond acceptors (Lipinski definition) is 5. The van der Waals surface area contributed by atoms with Crippen molar-refractivity contribution in [2.75, 3.05) is 19.5 Å². The highest BCUT2D eigenvalue weighted by atomic mass is 32.2. The van der Waals surface area contributed by atoms with Crippen LogP contribution in [0, 0.1) is 30.1 Å². The molecule has 0 N–H and O–H groups in total. The van der Waals surface area contributed by atoms with Gasteiger partial charge in [-0.05, 0) is 49.3 Å². The molecule has 1 aromatic carbocycles. The fourth-order valence-corrected chi connectivity index (χ4v) is 4.19. The zero-order valence-electron chi connectivity index (χ0n) is 17.6. The third kappa shape index (κ3) is 5.22. The van der Waals surface area contributed by atoms with Gasteiger partial charge in [0, 0.05) is 16.9 Å². The Bertz CT molecular complexity index is 914. The van der Waals surface area contributed by atoms with Gasteiger partial charge in [-0.1, -0.05) is 37.0 Å². The number of hydrogen-bond donors (Lipinski definition) is 0. The van der Waals surface area contributed by atoms with Crippen LogP contribution in [0.3, 0.4) is 0 Å². The lowest BCUT2D eigenvalue weighted by Crippen LogP contribution is -2.39. The predicted molar refractivity (Wildman–Crippen MR) is 116 cm³/mol. The summed E-state index contributed by atoms with van der Waals surface area (Å²) < 4.78 is 13.5. The summed E-state index contributed by atoms with van der Waals surface area (Å²) in [7, 11) is 0. The largest absolute Gasteiger partial charge is 0.350 e. The number of benzene rings is 1. The second-order valence-electron chi connectivity index (χ2n) is 8.81. The molecule has 4 rings (SSSR count). The van der Waals surface area contributed by atoms with E-state index in [9.17, 15) is 0 Å². The number of aryl methyl sites for hydroxylation is 1. The first-order valence-electron chi connectivity index (χ1n) is 10.2. The van der Waals surface area contributed by atoms with E-state index in [-0.39, 0.29) is 17.0 Å². The molecule has 2 fully saturated rings.